The van der Waals surface area contributed by atoms with Gasteiger partial charge >= 0.3 is 0 Å². The molecular formula is C26H28N4O3. The van der Waals surface area contributed by atoms with Crippen LogP contribution in [0.25, 0.3) is 10.9 Å². The molecule has 3 heterocycles. The molecule has 170 valence electrons. The molecule has 0 bridgehead atoms. The van der Waals surface area contributed by atoms with Crippen LogP contribution in [0.2, 0.25) is 0 Å². The molecule has 0 saturated carbocycles. The van der Waals surface area contributed by atoms with Crippen molar-refractivity contribution in [3.8, 4) is 5.75 Å². The standard InChI is InChI=1S/C26H28N4O3/c1-17(2)7-8-25(31)29-22-13-20-21(14-24(22)33-19-10-12-32-15-19)27-16-28-26(20)30-11-9-18-5-3-4-6-23(18)30/h3-8,13-14,16-17,19H,9-12,15H2,1-2H3,(H,29,31)/b8-7+/t19-/m1/s1. The van der Waals surface area contributed by atoms with Crippen LogP contribution in [0.4, 0.5) is 17.2 Å². The molecule has 7 heteroatoms. The lowest BCUT2D eigenvalue weighted by atomic mass is 10.1. The molecule has 0 unspecified atom stereocenters. The molecule has 2 aliphatic rings. The highest BCUT2D eigenvalue weighted by Crippen LogP contribution is 2.39. The first-order valence-corrected chi connectivity index (χ1v) is 11.5. The summed E-state index contributed by atoms with van der Waals surface area (Å²) in [7, 11) is 0. The number of hydrogen-bond donors (Lipinski definition) is 1. The van der Waals surface area contributed by atoms with Crippen molar-refractivity contribution < 1.29 is 14.3 Å². The lowest BCUT2D eigenvalue weighted by Crippen LogP contribution is -2.18. The van der Waals surface area contributed by atoms with E-state index in [4.69, 9.17) is 9.47 Å². The van der Waals surface area contributed by atoms with E-state index < -0.39 is 0 Å². The van der Waals surface area contributed by atoms with Gasteiger partial charge in [0.1, 0.15) is 24.0 Å². The number of aromatic nitrogens is 2. The Bertz CT molecular complexity index is 1200. The van der Waals surface area contributed by atoms with Gasteiger partial charge in [0.25, 0.3) is 0 Å². The number of nitrogens with one attached hydrogen (secondary N) is 1. The summed E-state index contributed by atoms with van der Waals surface area (Å²) in [6.45, 7) is 6.13. The number of carbonyl (C=O) groups is 1. The molecule has 1 amide bonds. The van der Waals surface area contributed by atoms with Crippen LogP contribution in [-0.2, 0) is 16.0 Å². The van der Waals surface area contributed by atoms with E-state index in [0.29, 0.717) is 24.7 Å². The molecule has 1 fully saturated rings. The van der Waals surface area contributed by atoms with Crippen molar-refractivity contribution >= 4 is 34.0 Å². The minimum atomic E-state index is -0.194. The van der Waals surface area contributed by atoms with Crippen LogP contribution >= 0.6 is 0 Å². The van der Waals surface area contributed by atoms with Crippen LogP contribution < -0.4 is 15.0 Å². The first-order valence-electron chi connectivity index (χ1n) is 11.5. The van der Waals surface area contributed by atoms with E-state index in [1.807, 2.05) is 38.1 Å². The van der Waals surface area contributed by atoms with Gasteiger partial charge in [-0.3, -0.25) is 4.79 Å². The third-order valence-corrected chi connectivity index (χ3v) is 5.93. The molecule has 5 rings (SSSR count). The number of para-hydroxylation sites is 1. The second-order valence-corrected chi connectivity index (χ2v) is 8.79. The fraction of sp³-hybridized carbons (Fsp3) is 0.346. The summed E-state index contributed by atoms with van der Waals surface area (Å²) < 4.78 is 11.7. The second-order valence-electron chi connectivity index (χ2n) is 8.79. The topological polar surface area (TPSA) is 76.6 Å². The van der Waals surface area contributed by atoms with Gasteiger partial charge in [0.15, 0.2) is 0 Å². The summed E-state index contributed by atoms with van der Waals surface area (Å²) in [6.07, 6.45) is 6.77. The highest BCUT2D eigenvalue weighted by molar-refractivity contribution is 6.03. The zero-order chi connectivity index (χ0) is 22.8. The molecule has 0 spiro atoms. The number of amides is 1. The number of benzene rings is 2. The number of rotatable bonds is 6. The predicted molar refractivity (Wildman–Crippen MR) is 129 cm³/mol. The van der Waals surface area contributed by atoms with Crippen LogP contribution in [0.5, 0.6) is 5.75 Å². The summed E-state index contributed by atoms with van der Waals surface area (Å²) in [6, 6.07) is 12.2. The molecule has 2 aliphatic heterocycles. The molecule has 1 aromatic heterocycles. The predicted octanol–water partition coefficient (Wildman–Crippen LogP) is 4.64. The molecule has 0 aliphatic carbocycles. The van der Waals surface area contributed by atoms with Gasteiger partial charge in [-0.15, -0.1) is 0 Å². The number of carbonyl (C=O) groups excluding carboxylic acids is 1. The van der Waals surface area contributed by atoms with Crippen molar-refractivity contribution in [1.82, 2.24) is 9.97 Å². The molecule has 7 nitrogen and oxygen atoms in total. The smallest absolute Gasteiger partial charge is 0.248 e. The van der Waals surface area contributed by atoms with Gasteiger partial charge in [-0.05, 0) is 36.1 Å². The average molecular weight is 445 g/mol. The van der Waals surface area contributed by atoms with E-state index in [-0.39, 0.29) is 17.9 Å². The summed E-state index contributed by atoms with van der Waals surface area (Å²) in [4.78, 5) is 24.0. The summed E-state index contributed by atoms with van der Waals surface area (Å²) in [5, 5.41) is 3.87. The maximum atomic E-state index is 12.6. The number of ether oxygens (including phenoxy) is 2. The fourth-order valence-electron chi connectivity index (χ4n) is 4.28. The monoisotopic (exact) mass is 444 g/mol. The largest absolute Gasteiger partial charge is 0.486 e. The second kappa shape index (κ2) is 9.19. The summed E-state index contributed by atoms with van der Waals surface area (Å²) >= 11 is 0. The molecule has 3 aromatic rings. The van der Waals surface area contributed by atoms with Crippen LogP contribution in [-0.4, -0.2) is 41.7 Å². The third kappa shape index (κ3) is 4.54. The SMILES string of the molecule is CC(C)/C=C/C(=O)Nc1cc2c(N3CCc4ccccc43)ncnc2cc1O[C@@H]1CCOC1. The molecular weight excluding hydrogens is 416 g/mol. The van der Waals surface area contributed by atoms with Crippen molar-refractivity contribution in [2.45, 2.75) is 32.8 Å². The van der Waals surface area contributed by atoms with Gasteiger partial charge in [-0.2, -0.15) is 0 Å². The highest BCUT2D eigenvalue weighted by atomic mass is 16.5. The van der Waals surface area contributed by atoms with Crippen LogP contribution in [0.1, 0.15) is 25.8 Å². The molecule has 2 aromatic carbocycles. The number of anilines is 3. The van der Waals surface area contributed by atoms with Crippen molar-refractivity contribution in [3.05, 3.63) is 60.4 Å². The number of hydrogen-bond acceptors (Lipinski definition) is 6. The Kier molecular flexibility index (Phi) is 5.96. The highest BCUT2D eigenvalue weighted by Gasteiger charge is 2.25. The molecule has 1 saturated heterocycles. The van der Waals surface area contributed by atoms with E-state index in [0.717, 1.165) is 41.8 Å². The lowest BCUT2D eigenvalue weighted by Gasteiger charge is -2.21. The summed E-state index contributed by atoms with van der Waals surface area (Å²) in [5.74, 6) is 1.51. The van der Waals surface area contributed by atoms with Crippen LogP contribution in [0.3, 0.4) is 0 Å². The van der Waals surface area contributed by atoms with Gasteiger partial charge < -0.3 is 19.7 Å². The van der Waals surface area contributed by atoms with Gasteiger partial charge in [-0.1, -0.05) is 38.1 Å². The van der Waals surface area contributed by atoms with E-state index in [1.54, 1.807) is 12.4 Å². The normalized spacial score (nSPS) is 17.8. The minimum absolute atomic E-state index is 0.0453. The molecule has 1 atom stereocenters. The number of allylic oxidation sites excluding steroid dienone is 1. The Hall–Kier alpha value is -3.45. The minimum Gasteiger partial charge on any atom is -0.486 e. The Balaban J connectivity index is 1.56. The van der Waals surface area contributed by atoms with Crippen molar-refractivity contribution in [3.63, 3.8) is 0 Å². The third-order valence-electron chi connectivity index (χ3n) is 5.93. The van der Waals surface area contributed by atoms with Gasteiger partial charge in [0.05, 0.1) is 24.4 Å². The average Bonchev–Trinajstić information content (AvgIpc) is 3.47. The van der Waals surface area contributed by atoms with Crippen molar-refractivity contribution in [1.29, 1.82) is 0 Å². The lowest BCUT2D eigenvalue weighted by molar-refractivity contribution is -0.112. The van der Waals surface area contributed by atoms with E-state index >= 15 is 0 Å². The van der Waals surface area contributed by atoms with Crippen LogP contribution in [0.15, 0.2) is 54.9 Å². The first-order chi connectivity index (χ1) is 16.1. The van der Waals surface area contributed by atoms with Crippen molar-refractivity contribution in [2.75, 3.05) is 30.0 Å². The van der Waals surface area contributed by atoms with Gasteiger partial charge in [0, 0.05) is 30.1 Å². The van der Waals surface area contributed by atoms with E-state index in [9.17, 15) is 4.79 Å². The zero-order valence-electron chi connectivity index (χ0n) is 19.0. The molecule has 1 N–H and O–H groups in total. The van der Waals surface area contributed by atoms with Crippen molar-refractivity contribution in [2.24, 2.45) is 5.92 Å². The molecule has 33 heavy (non-hydrogen) atoms. The Morgan fingerprint density at radius 2 is 2.15 bits per heavy atom. The van der Waals surface area contributed by atoms with Crippen LogP contribution in [0, 0.1) is 5.92 Å². The Labute approximate surface area is 193 Å². The summed E-state index contributed by atoms with van der Waals surface area (Å²) in [5.41, 5.74) is 3.84. The fourth-order valence-corrected chi connectivity index (χ4v) is 4.28. The molecule has 0 radical (unpaired) electrons. The van der Waals surface area contributed by atoms with Gasteiger partial charge in [-0.25, -0.2) is 9.97 Å². The maximum absolute atomic E-state index is 12.6. The number of fused-ring (bicyclic) bond motifs is 2. The Morgan fingerprint density at radius 3 is 2.97 bits per heavy atom. The zero-order valence-corrected chi connectivity index (χ0v) is 19.0. The Morgan fingerprint density at radius 1 is 1.27 bits per heavy atom. The van der Waals surface area contributed by atoms with E-state index in [1.165, 1.54) is 5.56 Å². The quantitative estimate of drug-likeness (QED) is 0.558. The van der Waals surface area contributed by atoms with Gasteiger partial charge in [0.2, 0.25) is 5.91 Å². The number of nitrogens with zero attached hydrogens (tertiary/aromatic N) is 3. The first kappa shape index (κ1) is 21.4. The maximum Gasteiger partial charge on any atom is 0.248 e. The van der Waals surface area contributed by atoms with E-state index in [2.05, 4.69) is 38.4 Å².